The highest BCUT2D eigenvalue weighted by Crippen LogP contribution is 2.41. The highest BCUT2D eigenvalue weighted by molar-refractivity contribution is 9.10. The van der Waals surface area contributed by atoms with E-state index >= 15 is 0 Å². The van der Waals surface area contributed by atoms with Crippen LogP contribution in [0.1, 0.15) is 5.56 Å². The fraction of sp³-hybridized carbons (Fsp3) is 0.0476. The molecular formula is C21H15Br. The second-order valence-electron chi connectivity index (χ2n) is 5.65. The van der Waals surface area contributed by atoms with Crippen LogP contribution in [0, 0.1) is 6.92 Å². The molecule has 22 heavy (non-hydrogen) atoms. The van der Waals surface area contributed by atoms with Crippen LogP contribution < -0.4 is 0 Å². The van der Waals surface area contributed by atoms with Crippen LogP contribution >= 0.6 is 15.9 Å². The summed E-state index contributed by atoms with van der Waals surface area (Å²) in [4.78, 5) is 0. The zero-order chi connectivity index (χ0) is 15.1. The summed E-state index contributed by atoms with van der Waals surface area (Å²) in [6.07, 6.45) is 0. The zero-order valence-corrected chi connectivity index (χ0v) is 13.9. The van der Waals surface area contributed by atoms with Crippen molar-refractivity contribution in [1.82, 2.24) is 0 Å². The van der Waals surface area contributed by atoms with Gasteiger partial charge in [-0.25, -0.2) is 0 Å². The van der Waals surface area contributed by atoms with E-state index < -0.39 is 0 Å². The number of aryl methyl sites for hydroxylation is 1. The quantitative estimate of drug-likeness (QED) is 0.335. The summed E-state index contributed by atoms with van der Waals surface area (Å²) >= 11 is 3.82. The van der Waals surface area contributed by atoms with Crippen molar-refractivity contribution in [2.45, 2.75) is 6.92 Å². The normalized spacial score (nSPS) is 11.2. The SMILES string of the molecule is Cc1ccc2c(-c3ccccc3)c3ccccc3c(Br)c2c1. The van der Waals surface area contributed by atoms with Crippen molar-refractivity contribution < 1.29 is 0 Å². The zero-order valence-electron chi connectivity index (χ0n) is 12.3. The van der Waals surface area contributed by atoms with E-state index in [1.807, 2.05) is 0 Å². The van der Waals surface area contributed by atoms with Crippen LogP contribution in [-0.2, 0) is 0 Å². The first kappa shape index (κ1) is 13.5. The van der Waals surface area contributed by atoms with E-state index in [9.17, 15) is 0 Å². The van der Waals surface area contributed by atoms with Crippen molar-refractivity contribution in [2.75, 3.05) is 0 Å². The van der Waals surface area contributed by atoms with Crippen LogP contribution in [0.2, 0.25) is 0 Å². The van der Waals surface area contributed by atoms with Gasteiger partial charge in [-0.2, -0.15) is 0 Å². The fourth-order valence-electron chi connectivity index (χ4n) is 3.16. The number of hydrogen-bond acceptors (Lipinski definition) is 0. The van der Waals surface area contributed by atoms with Gasteiger partial charge in [-0.15, -0.1) is 0 Å². The van der Waals surface area contributed by atoms with Crippen LogP contribution in [-0.4, -0.2) is 0 Å². The monoisotopic (exact) mass is 346 g/mol. The van der Waals surface area contributed by atoms with Gasteiger partial charge in [0.15, 0.2) is 0 Å². The average molecular weight is 347 g/mol. The minimum Gasteiger partial charge on any atom is -0.0622 e. The topological polar surface area (TPSA) is 0 Å². The van der Waals surface area contributed by atoms with Gasteiger partial charge in [0.25, 0.3) is 0 Å². The van der Waals surface area contributed by atoms with Gasteiger partial charge in [0, 0.05) is 4.47 Å². The molecule has 0 bridgehead atoms. The van der Waals surface area contributed by atoms with Crippen molar-refractivity contribution in [3.8, 4) is 11.1 Å². The van der Waals surface area contributed by atoms with Crippen LogP contribution in [0.25, 0.3) is 32.7 Å². The Kier molecular flexibility index (Phi) is 3.24. The van der Waals surface area contributed by atoms with Crippen molar-refractivity contribution in [3.63, 3.8) is 0 Å². The summed E-state index contributed by atoms with van der Waals surface area (Å²) in [5.74, 6) is 0. The predicted octanol–water partition coefficient (Wildman–Crippen LogP) is 6.73. The molecule has 0 fully saturated rings. The first-order valence-electron chi connectivity index (χ1n) is 7.42. The van der Waals surface area contributed by atoms with Gasteiger partial charge >= 0.3 is 0 Å². The maximum absolute atomic E-state index is 3.82. The molecule has 0 saturated heterocycles. The Labute approximate surface area is 138 Å². The van der Waals surface area contributed by atoms with Gasteiger partial charge in [0.2, 0.25) is 0 Å². The summed E-state index contributed by atoms with van der Waals surface area (Å²) in [7, 11) is 0. The Morgan fingerprint density at radius 1 is 0.636 bits per heavy atom. The Morgan fingerprint density at radius 3 is 2.05 bits per heavy atom. The molecule has 106 valence electrons. The second kappa shape index (κ2) is 5.26. The third-order valence-electron chi connectivity index (χ3n) is 4.18. The maximum Gasteiger partial charge on any atom is 0.0332 e. The summed E-state index contributed by atoms with van der Waals surface area (Å²) in [5.41, 5.74) is 3.86. The number of halogens is 1. The van der Waals surface area contributed by atoms with Crippen LogP contribution in [0.5, 0.6) is 0 Å². The highest BCUT2D eigenvalue weighted by Gasteiger charge is 2.13. The molecule has 0 aliphatic rings. The predicted molar refractivity (Wildman–Crippen MR) is 99.3 cm³/mol. The molecule has 0 spiro atoms. The summed E-state index contributed by atoms with van der Waals surface area (Å²) in [5, 5.41) is 5.12. The molecule has 0 saturated carbocycles. The Morgan fingerprint density at radius 2 is 1.27 bits per heavy atom. The molecule has 0 nitrogen and oxygen atoms in total. The number of benzene rings is 4. The molecule has 0 aromatic heterocycles. The molecule has 0 amide bonds. The Bertz CT molecular complexity index is 985. The second-order valence-corrected chi connectivity index (χ2v) is 6.44. The van der Waals surface area contributed by atoms with Gasteiger partial charge < -0.3 is 0 Å². The number of fused-ring (bicyclic) bond motifs is 2. The molecule has 0 unspecified atom stereocenters. The molecule has 0 heterocycles. The third kappa shape index (κ3) is 2.05. The van der Waals surface area contributed by atoms with E-state index in [-0.39, 0.29) is 0 Å². The van der Waals surface area contributed by atoms with Crippen molar-refractivity contribution in [1.29, 1.82) is 0 Å². The lowest BCUT2D eigenvalue weighted by molar-refractivity contribution is 1.50. The third-order valence-corrected chi connectivity index (χ3v) is 5.03. The van der Waals surface area contributed by atoms with Gasteiger partial charge in [0.05, 0.1) is 0 Å². The Hall–Kier alpha value is -2.12. The van der Waals surface area contributed by atoms with E-state index in [1.165, 1.54) is 42.7 Å². The summed E-state index contributed by atoms with van der Waals surface area (Å²) < 4.78 is 1.18. The van der Waals surface area contributed by atoms with Gasteiger partial charge in [-0.3, -0.25) is 0 Å². The van der Waals surface area contributed by atoms with Crippen LogP contribution in [0.4, 0.5) is 0 Å². The molecule has 0 radical (unpaired) electrons. The largest absolute Gasteiger partial charge is 0.0622 e. The van der Waals surface area contributed by atoms with E-state index in [4.69, 9.17) is 0 Å². The van der Waals surface area contributed by atoms with Gasteiger partial charge in [0.1, 0.15) is 0 Å². The van der Waals surface area contributed by atoms with Crippen molar-refractivity contribution >= 4 is 37.5 Å². The smallest absolute Gasteiger partial charge is 0.0332 e. The molecule has 0 N–H and O–H groups in total. The van der Waals surface area contributed by atoms with E-state index in [0.717, 1.165) is 0 Å². The standard InChI is InChI=1S/C21H15Br/c1-14-11-12-17-19(13-14)21(22)18-10-6-5-9-16(18)20(17)15-7-3-2-4-8-15/h2-13H,1H3. The number of rotatable bonds is 1. The van der Waals surface area contributed by atoms with Gasteiger partial charge in [-0.1, -0.05) is 78.4 Å². The van der Waals surface area contributed by atoms with Gasteiger partial charge in [-0.05, 0) is 55.5 Å². The molecule has 4 aromatic carbocycles. The van der Waals surface area contributed by atoms with E-state index in [2.05, 4.69) is 95.7 Å². The number of hydrogen-bond donors (Lipinski definition) is 0. The van der Waals surface area contributed by atoms with Crippen LogP contribution in [0.15, 0.2) is 77.3 Å². The summed E-state index contributed by atoms with van der Waals surface area (Å²) in [6, 6.07) is 26.0. The van der Waals surface area contributed by atoms with E-state index in [1.54, 1.807) is 0 Å². The molecule has 4 rings (SSSR count). The Balaban J connectivity index is 2.27. The van der Waals surface area contributed by atoms with E-state index in [0.29, 0.717) is 0 Å². The maximum atomic E-state index is 3.82. The molecule has 0 aliphatic heterocycles. The minimum atomic E-state index is 1.18. The van der Waals surface area contributed by atoms with Crippen LogP contribution in [0.3, 0.4) is 0 Å². The molecule has 4 aromatic rings. The average Bonchev–Trinajstić information content (AvgIpc) is 2.57. The molecule has 0 aliphatic carbocycles. The summed E-state index contributed by atoms with van der Waals surface area (Å²) in [6.45, 7) is 2.14. The fourth-order valence-corrected chi connectivity index (χ4v) is 3.83. The van der Waals surface area contributed by atoms with Crippen molar-refractivity contribution in [3.05, 3.63) is 82.8 Å². The first-order valence-corrected chi connectivity index (χ1v) is 8.21. The lowest BCUT2D eigenvalue weighted by Crippen LogP contribution is -1.88. The first-order chi connectivity index (χ1) is 10.8. The highest BCUT2D eigenvalue weighted by atomic mass is 79.9. The lowest BCUT2D eigenvalue weighted by atomic mass is 9.91. The minimum absolute atomic E-state index is 1.18. The molecular weight excluding hydrogens is 332 g/mol. The van der Waals surface area contributed by atoms with Crippen molar-refractivity contribution in [2.24, 2.45) is 0 Å². The molecule has 1 heteroatoms. The lowest BCUT2D eigenvalue weighted by Gasteiger charge is -2.14. The molecule has 0 atom stereocenters.